The van der Waals surface area contributed by atoms with Gasteiger partial charge in [0.05, 0.1) is 0 Å². The molecule has 0 saturated carbocycles. The van der Waals surface area contributed by atoms with Gasteiger partial charge in [-0.1, -0.05) is 36.4 Å². The number of benzene rings is 2. The molecule has 0 N–H and O–H groups in total. The molecule has 0 heterocycles. The van der Waals surface area contributed by atoms with Crippen molar-refractivity contribution in [1.82, 2.24) is 0 Å². The molecule has 1 aliphatic rings. The number of hydrogen-bond acceptors (Lipinski definition) is 2. The Bertz CT molecular complexity index is 718. The highest BCUT2D eigenvalue weighted by atomic mass is 14.3. The molecular formula is C15H8N2. The summed E-state index contributed by atoms with van der Waals surface area (Å²) in [6.45, 7) is 0. The molecule has 2 aromatic carbocycles. The Labute approximate surface area is 99.0 Å². The van der Waals surface area contributed by atoms with Gasteiger partial charge >= 0.3 is 0 Å². The standard InChI is InChI=1S/C15H8N2/c16-8-12(9-17)14-7-11-5-1-3-10-4-2-6-13(14)15(10)11/h1-6H,7H2. The van der Waals surface area contributed by atoms with Gasteiger partial charge in [-0.25, -0.2) is 0 Å². The third-order valence-corrected chi connectivity index (χ3v) is 3.21. The van der Waals surface area contributed by atoms with Crippen LogP contribution in [0.4, 0.5) is 0 Å². The molecule has 0 aromatic heterocycles. The predicted octanol–water partition coefficient (Wildman–Crippen LogP) is 3.20. The van der Waals surface area contributed by atoms with E-state index in [1.54, 1.807) is 0 Å². The second-order valence-corrected chi connectivity index (χ2v) is 4.07. The minimum Gasteiger partial charge on any atom is -0.192 e. The van der Waals surface area contributed by atoms with Gasteiger partial charge < -0.3 is 0 Å². The second kappa shape index (κ2) is 3.47. The molecule has 1 aliphatic carbocycles. The van der Waals surface area contributed by atoms with Crippen LogP contribution in [0.1, 0.15) is 11.1 Å². The Balaban J connectivity index is 2.43. The Morgan fingerprint density at radius 2 is 1.71 bits per heavy atom. The minimum absolute atomic E-state index is 0.230. The Kier molecular flexibility index (Phi) is 1.97. The van der Waals surface area contributed by atoms with Crippen molar-refractivity contribution in [3.8, 4) is 12.1 Å². The van der Waals surface area contributed by atoms with Crippen molar-refractivity contribution in [2.45, 2.75) is 6.42 Å². The van der Waals surface area contributed by atoms with E-state index in [-0.39, 0.29) is 5.57 Å². The van der Waals surface area contributed by atoms with Crippen LogP contribution in [-0.4, -0.2) is 0 Å². The van der Waals surface area contributed by atoms with Gasteiger partial charge in [-0.05, 0) is 27.5 Å². The highest BCUT2D eigenvalue weighted by Crippen LogP contribution is 2.38. The van der Waals surface area contributed by atoms with E-state index in [9.17, 15) is 0 Å². The fourth-order valence-corrected chi connectivity index (χ4v) is 2.49. The van der Waals surface area contributed by atoms with E-state index in [4.69, 9.17) is 10.5 Å². The number of nitrogens with zero attached hydrogens (tertiary/aromatic N) is 2. The van der Waals surface area contributed by atoms with E-state index in [0.717, 1.165) is 11.1 Å². The van der Waals surface area contributed by atoms with Crippen molar-refractivity contribution in [1.29, 1.82) is 10.5 Å². The summed E-state index contributed by atoms with van der Waals surface area (Å²) in [5.74, 6) is 0. The van der Waals surface area contributed by atoms with Gasteiger partial charge in [0.1, 0.15) is 17.7 Å². The summed E-state index contributed by atoms with van der Waals surface area (Å²) in [6.07, 6.45) is 0.688. The molecule has 0 atom stereocenters. The average Bonchev–Trinajstić information content (AvgIpc) is 2.73. The van der Waals surface area contributed by atoms with Crippen LogP contribution in [0.2, 0.25) is 0 Å². The van der Waals surface area contributed by atoms with Gasteiger partial charge in [0.15, 0.2) is 0 Å². The summed E-state index contributed by atoms with van der Waals surface area (Å²) >= 11 is 0. The maximum Gasteiger partial charge on any atom is 0.133 e. The van der Waals surface area contributed by atoms with Crippen molar-refractivity contribution in [3.05, 3.63) is 53.1 Å². The molecule has 0 radical (unpaired) electrons. The largest absolute Gasteiger partial charge is 0.192 e. The highest BCUT2D eigenvalue weighted by molar-refractivity contribution is 6.03. The first-order valence-corrected chi connectivity index (χ1v) is 5.39. The van der Waals surface area contributed by atoms with Gasteiger partial charge in [-0.2, -0.15) is 10.5 Å². The SMILES string of the molecule is N#CC(C#N)=C1Cc2cccc3cccc1c23. The zero-order valence-electron chi connectivity index (χ0n) is 9.07. The van der Waals surface area contributed by atoms with E-state index >= 15 is 0 Å². The first-order valence-electron chi connectivity index (χ1n) is 5.39. The predicted molar refractivity (Wildman–Crippen MR) is 65.8 cm³/mol. The first kappa shape index (κ1) is 9.63. The highest BCUT2D eigenvalue weighted by Gasteiger charge is 2.21. The third kappa shape index (κ3) is 1.25. The van der Waals surface area contributed by atoms with Crippen LogP contribution in [0, 0.1) is 22.7 Å². The van der Waals surface area contributed by atoms with Gasteiger partial charge in [-0.3, -0.25) is 0 Å². The fourth-order valence-electron chi connectivity index (χ4n) is 2.49. The maximum atomic E-state index is 8.99. The molecule has 17 heavy (non-hydrogen) atoms. The van der Waals surface area contributed by atoms with Crippen LogP contribution in [0.25, 0.3) is 16.3 Å². The lowest BCUT2D eigenvalue weighted by atomic mass is 10.0. The van der Waals surface area contributed by atoms with E-state index in [1.807, 2.05) is 30.3 Å². The molecule has 2 aromatic rings. The molecule has 78 valence electrons. The summed E-state index contributed by atoms with van der Waals surface area (Å²) in [6, 6.07) is 16.1. The van der Waals surface area contributed by atoms with E-state index in [1.165, 1.54) is 16.3 Å². The van der Waals surface area contributed by atoms with Crippen molar-refractivity contribution >= 4 is 16.3 Å². The molecule has 2 nitrogen and oxygen atoms in total. The van der Waals surface area contributed by atoms with Crippen LogP contribution < -0.4 is 0 Å². The summed E-state index contributed by atoms with van der Waals surface area (Å²) in [7, 11) is 0. The minimum atomic E-state index is 0.230. The van der Waals surface area contributed by atoms with Crippen LogP contribution >= 0.6 is 0 Å². The van der Waals surface area contributed by atoms with Gasteiger partial charge in [0, 0.05) is 6.42 Å². The number of nitriles is 2. The molecule has 3 rings (SSSR count). The molecular weight excluding hydrogens is 208 g/mol. The van der Waals surface area contributed by atoms with Crippen LogP contribution in [0.5, 0.6) is 0 Å². The van der Waals surface area contributed by atoms with Gasteiger partial charge in [0.25, 0.3) is 0 Å². The normalized spacial score (nSPS) is 12.2. The van der Waals surface area contributed by atoms with E-state index in [0.29, 0.717) is 6.42 Å². The van der Waals surface area contributed by atoms with E-state index in [2.05, 4.69) is 18.2 Å². The van der Waals surface area contributed by atoms with Crippen molar-refractivity contribution < 1.29 is 0 Å². The van der Waals surface area contributed by atoms with E-state index < -0.39 is 0 Å². The molecule has 0 aliphatic heterocycles. The van der Waals surface area contributed by atoms with Crippen LogP contribution in [-0.2, 0) is 6.42 Å². The summed E-state index contributed by atoms with van der Waals surface area (Å²) in [5, 5.41) is 20.3. The topological polar surface area (TPSA) is 47.6 Å². The van der Waals surface area contributed by atoms with Crippen LogP contribution in [0.3, 0.4) is 0 Å². The molecule has 0 unspecified atom stereocenters. The lowest BCUT2D eigenvalue weighted by molar-refractivity contribution is 1.35. The molecule has 0 fully saturated rings. The number of rotatable bonds is 0. The molecule has 0 amide bonds. The fraction of sp³-hybridized carbons (Fsp3) is 0.0667. The third-order valence-electron chi connectivity index (χ3n) is 3.21. The van der Waals surface area contributed by atoms with Crippen LogP contribution in [0.15, 0.2) is 42.0 Å². The Morgan fingerprint density at radius 3 is 2.41 bits per heavy atom. The monoisotopic (exact) mass is 216 g/mol. The molecule has 0 bridgehead atoms. The molecule has 0 saturated heterocycles. The summed E-state index contributed by atoms with van der Waals surface area (Å²) in [5.41, 5.74) is 3.34. The number of hydrogen-bond donors (Lipinski definition) is 0. The van der Waals surface area contributed by atoms with Crippen molar-refractivity contribution in [2.75, 3.05) is 0 Å². The zero-order valence-corrected chi connectivity index (χ0v) is 9.07. The quantitative estimate of drug-likeness (QED) is 0.635. The Hall–Kier alpha value is -2.58. The summed E-state index contributed by atoms with van der Waals surface area (Å²) in [4.78, 5) is 0. The van der Waals surface area contributed by atoms with Crippen molar-refractivity contribution in [3.63, 3.8) is 0 Å². The molecule has 2 heteroatoms. The lowest BCUT2D eigenvalue weighted by Gasteiger charge is -2.00. The summed E-state index contributed by atoms with van der Waals surface area (Å²) < 4.78 is 0. The second-order valence-electron chi connectivity index (χ2n) is 4.07. The maximum absolute atomic E-state index is 8.99. The average molecular weight is 216 g/mol. The lowest BCUT2D eigenvalue weighted by Crippen LogP contribution is -1.85. The Morgan fingerprint density at radius 1 is 1.00 bits per heavy atom. The van der Waals surface area contributed by atoms with Gasteiger partial charge in [-0.15, -0.1) is 0 Å². The zero-order chi connectivity index (χ0) is 11.8. The van der Waals surface area contributed by atoms with Gasteiger partial charge in [0.2, 0.25) is 0 Å². The number of allylic oxidation sites excluding steroid dienone is 2. The van der Waals surface area contributed by atoms with Crippen molar-refractivity contribution in [2.24, 2.45) is 0 Å². The molecule has 0 spiro atoms. The smallest absolute Gasteiger partial charge is 0.133 e. The first-order chi connectivity index (χ1) is 8.35.